The maximum atomic E-state index is 12.3. The van der Waals surface area contributed by atoms with Crippen LogP contribution in [0.1, 0.15) is 25.7 Å². The van der Waals surface area contributed by atoms with E-state index in [9.17, 15) is 9.59 Å². The van der Waals surface area contributed by atoms with E-state index < -0.39 is 17.2 Å². The van der Waals surface area contributed by atoms with E-state index in [2.05, 4.69) is 5.32 Å². The Kier molecular flexibility index (Phi) is 4.27. The van der Waals surface area contributed by atoms with Gasteiger partial charge in [0.2, 0.25) is 0 Å². The number of hydrogen-bond donors (Lipinski definition) is 1. The molecule has 1 aromatic rings. The molecule has 0 aliphatic carbocycles. The Bertz CT molecular complexity index is 546. The lowest BCUT2D eigenvalue weighted by Crippen LogP contribution is -2.65. The molecule has 1 saturated heterocycles. The molecule has 1 fully saturated rings. The van der Waals surface area contributed by atoms with Gasteiger partial charge in [0, 0.05) is 12.0 Å². The molecule has 1 N–H and O–H groups in total. The van der Waals surface area contributed by atoms with Crippen molar-refractivity contribution in [2.45, 2.75) is 26.3 Å². The molecule has 1 amide bonds. The van der Waals surface area contributed by atoms with Crippen molar-refractivity contribution in [1.29, 1.82) is 0 Å². The third kappa shape index (κ3) is 2.63. The van der Waals surface area contributed by atoms with Crippen molar-refractivity contribution in [3.63, 3.8) is 0 Å². The van der Waals surface area contributed by atoms with E-state index >= 15 is 0 Å². The number of Topliss-reactive ketones (excluding diaryl/α,β-unsaturated/α-hetero) is 1. The second kappa shape index (κ2) is 5.63. The first kappa shape index (κ1) is 15.2. The van der Waals surface area contributed by atoms with Crippen LogP contribution in [-0.4, -0.2) is 44.2 Å². The molecule has 0 aromatic carbocycles. The zero-order valence-electron chi connectivity index (χ0n) is 12.2. The minimum absolute atomic E-state index is 0.341. The van der Waals surface area contributed by atoms with Gasteiger partial charge in [-0.2, -0.15) is 0 Å². The van der Waals surface area contributed by atoms with Gasteiger partial charge in [0.05, 0.1) is 24.7 Å². The molecule has 20 heavy (non-hydrogen) atoms. The second-order valence-corrected chi connectivity index (χ2v) is 6.45. The Morgan fingerprint density at radius 2 is 1.95 bits per heavy atom. The maximum absolute atomic E-state index is 12.3. The van der Waals surface area contributed by atoms with Gasteiger partial charge < -0.3 is 14.8 Å². The van der Waals surface area contributed by atoms with E-state index in [-0.39, 0.29) is 0 Å². The molecular weight excluding hydrogens is 278 g/mol. The van der Waals surface area contributed by atoms with E-state index in [1.807, 2.05) is 20.8 Å². The molecule has 1 aliphatic rings. The second-order valence-electron chi connectivity index (χ2n) is 5.23. The Hall–Kier alpha value is -1.24. The summed E-state index contributed by atoms with van der Waals surface area (Å²) >= 11 is 1.37. The van der Waals surface area contributed by atoms with Gasteiger partial charge in [0.25, 0.3) is 11.7 Å². The maximum Gasteiger partial charge on any atom is 0.293 e. The Morgan fingerprint density at radius 3 is 2.35 bits per heavy atom. The molecule has 1 aromatic heterocycles. The minimum Gasteiger partial charge on any atom is -0.382 e. The van der Waals surface area contributed by atoms with Crippen molar-refractivity contribution in [1.82, 2.24) is 5.32 Å². The first-order valence-electron chi connectivity index (χ1n) is 6.40. The molecule has 110 valence electrons. The summed E-state index contributed by atoms with van der Waals surface area (Å²) in [6, 6.07) is 0. The van der Waals surface area contributed by atoms with Gasteiger partial charge >= 0.3 is 0 Å². The molecule has 2 heterocycles. The molecule has 0 atom stereocenters. The number of rotatable bonds is 5. The van der Waals surface area contributed by atoms with Gasteiger partial charge in [0.15, 0.2) is 0 Å². The van der Waals surface area contributed by atoms with Crippen molar-refractivity contribution >= 4 is 23.0 Å². The van der Waals surface area contributed by atoms with Crippen LogP contribution in [0.15, 0.2) is 0 Å². The quantitative estimate of drug-likeness (QED) is 0.659. The summed E-state index contributed by atoms with van der Waals surface area (Å²) in [6.45, 7) is 6.88. The smallest absolute Gasteiger partial charge is 0.293 e. The molecular formula is C14H19NO4S. The minimum atomic E-state index is -0.588. The van der Waals surface area contributed by atoms with Crippen molar-refractivity contribution in [3.8, 4) is 0 Å². The van der Waals surface area contributed by atoms with Gasteiger partial charge in [-0.1, -0.05) is 0 Å². The van der Waals surface area contributed by atoms with Crippen LogP contribution < -0.4 is 5.32 Å². The molecule has 1 aliphatic heterocycles. The first-order valence-corrected chi connectivity index (χ1v) is 7.22. The number of ether oxygens (including phenoxy) is 2. The van der Waals surface area contributed by atoms with Crippen LogP contribution in [0.2, 0.25) is 0 Å². The summed E-state index contributed by atoms with van der Waals surface area (Å²) in [5.74, 6) is -1.07. The number of hydrogen-bond acceptors (Lipinski definition) is 5. The predicted octanol–water partition coefficient (Wildman–Crippen LogP) is 1.39. The lowest BCUT2D eigenvalue weighted by molar-refractivity contribution is -0.135. The Balaban J connectivity index is 2.13. The van der Waals surface area contributed by atoms with E-state index in [1.165, 1.54) is 11.3 Å². The number of methoxy groups -OCH3 is 1. The highest BCUT2D eigenvalue weighted by Crippen LogP contribution is 2.27. The average molecular weight is 297 g/mol. The zero-order valence-corrected chi connectivity index (χ0v) is 13.0. The fourth-order valence-corrected chi connectivity index (χ4v) is 3.28. The number of aryl methyl sites for hydroxylation is 1. The topological polar surface area (TPSA) is 64.6 Å². The Morgan fingerprint density at radius 1 is 1.30 bits per heavy atom. The first-order chi connectivity index (χ1) is 9.40. The molecule has 0 unspecified atom stereocenters. The highest BCUT2D eigenvalue weighted by Gasteiger charge is 2.41. The Labute approximate surface area is 122 Å². The van der Waals surface area contributed by atoms with Crippen molar-refractivity contribution in [2.75, 3.05) is 26.9 Å². The number of carbonyl (C=O) groups excluding carboxylic acids is 2. The normalized spacial score (nSPS) is 16.6. The monoisotopic (exact) mass is 297 g/mol. The van der Waals surface area contributed by atoms with Crippen LogP contribution in [0.3, 0.4) is 0 Å². The molecule has 0 saturated carbocycles. The molecule has 6 heteroatoms. The van der Waals surface area contributed by atoms with Crippen LogP contribution in [0.25, 0.3) is 0 Å². The van der Waals surface area contributed by atoms with Crippen molar-refractivity contribution in [2.24, 2.45) is 0 Å². The lowest BCUT2D eigenvalue weighted by atomic mass is 9.98. The summed E-state index contributed by atoms with van der Waals surface area (Å²) in [5.41, 5.74) is 1.40. The van der Waals surface area contributed by atoms with E-state index in [0.29, 0.717) is 24.7 Å². The van der Waals surface area contributed by atoms with Crippen LogP contribution in [0, 0.1) is 20.8 Å². The molecule has 0 spiro atoms. The van der Waals surface area contributed by atoms with Crippen molar-refractivity contribution in [3.05, 3.63) is 20.9 Å². The summed E-state index contributed by atoms with van der Waals surface area (Å²) in [7, 11) is 1.56. The third-order valence-corrected chi connectivity index (χ3v) is 4.96. The number of thiophene rings is 1. The third-order valence-electron chi connectivity index (χ3n) is 3.65. The fraction of sp³-hybridized carbons (Fsp3) is 0.571. The van der Waals surface area contributed by atoms with Crippen LogP contribution in [-0.2, 0) is 14.3 Å². The average Bonchev–Trinajstić information content (AvgIpc) is 2.63. The van der Waals surface area contributed by atoms with E-state index in [4.69, 9.17) is 9.47 Å². The van der Waals surface area contributed by atoms with Gasteiger partial charge in [-0.3, -0.25) is 9.59 Å². The highest BCUT2D eigenvalue weighted by atomic mass is 32.1. The molecule has 0 bridgehead atoms. The van der Waals surface area contributed by atoms with E-state index in [1.54, 1.807) is 7.11 Å². The van der Waals surface area contributed by atoms with Crippen LogP contribution in [0.5, 0.6) is 0 Å². The number of ketones is 1. The standard InChI is InChI=1S/C14H19NO4S/c1-8-9(2)12(20-10(8)3)11(16)13(17)15-14(5-18-4)6-19-7-14/h5-7H2,1-4H3,(H,15,17). The summed E-state index contributed by atoms with van der Waals surface area (Å²) in [4.78, 5) is 26.0. The molecule has 5 nitrogen and oxygen atoms in total. The number of nitrogens with one attached hydrogen (secondary N) is 1. The lowest BCUT2D eigenvalue weighted by Gasteiger charge is -2.41. The van der Waals surface area contributed by atoms with E-state index in [0.717, 1.165) is 16.0 Å². The zero-order chi connectivity index (χ0) is 14.9. The summed E-state index contributed by atoms with van der Waals surface area (Å²) in [6.07, 6.45) is 0. The largest absolute Gasteiger partial charge is 0.382 e. The molecule has 0 radical (unpaired) electrons. The fourth-order valence-electron chi connectivity index (χ4n) is 2.17. The number of carbonyl (C=O) groups is 2. The molecule has 2 rings (SSSR count). The van der Waals surface area contributed by atoms with Gasteiger partial charge in [-0.05, 0) is 31.9 Å². The highest BCUT2D eigenvalue weighted by molar-refractivity contribution is 7.15. The predicted molar refractivity (Wildman–Crippen MR) is 76.4 cm³/mol. The van der Waals surface area contributed by atoms with Crippen molar-refractivity contribution < 1.29 is 19.1 Å². The number of amides is 1. The van der Waals surface area contributed by atoms with Crippen LogP contribution >= 0.6 is 11.3 Å². The summed E-state index contributed by atoms with van der Waals surface area (Å²) in [5, 5.41) is 2.75. The van der Waals surface area contributed by atoms with Gasteiger partial charge in [-0.25, -0.2) is 0 Å². The van der Waals surface area contributed by atoms with Gasteiger partial charge in [0.1, 0.15) is 5.54 Å². The summed E-state index contributed by atoms with van der Waals surface area (Å²) < 4.78 is 10.2. The van der Waals surface area contributed by atoms with Crippen LogP contribution in [0.4, 0.5) is 0 Å². The SMILES string of the molecule is COCC1(NC(=O)C(=O)c2sc(C)c(C)c2C)COC1. The van der Waals surface area contributed by atoms with Gasteiger partial charge in [-0.15, -0.1) is 11.3 Å².